The molecule has 18 heteroatoms. The number of nitrogens with one attached hydrogen (secondary N) is 6. The number of unbranched alkanes of at least 4 members (excludes halogenated alkanes) is 1. The SMILES string of the molecule is CC(C)[C@H](NC(=O)CNC(=O)[C@@H](NC(=O)[C@@H](N)Cc1ccc(O)cc1)[C@@H](C)O)C(=O)NCC(=O)N[C@@H](Cc1ccccc1)C(=O)N[C@@H](CCCCN)C(=O)O. The van der Waals surface area contributed by atoms with E-state index in [-0.39, 0.29) is 25.0 Å². The van der Waals surface area contributed by atoms with Gasteiger partial charge in [-0.15, -0.1) is 0 Å². The lowest BCUT2D eigenvalue weighted by atomic mass is 10.0. The molecule has 0 aliphatic rings. The second-order valence-corrected chi connectivity index (χ2v) is 13.4. The molecule has 2 aromatic carbocycles. The summed E-state index contributed by atoms with van der Waals surface area (Å²) in [5.41, 5.74) is 12.8. The van der Waals surface area contributed by atoms with Gasteiger partial charge in [0.1, 0.15) is 29.9 Å². The van der Waals surface area contributed by atoms with Crippen molar-refractivity contribution in [3.05, 3.63) is 65.7 Å². The number of benzene rings is 2. The van der Waals surface area contributed by atoms with Crippen molar-refractivity contribution < 1.29 is 48.9 Å². The minimum atomic E-state index is -1.46. The number of rotatable bonds is 23. The van der Waals surface area contributed by atoms with E-state index in [4.69, 9.17) is 11.5 Å². The van der Waals surface area contributed by atoms with Gasteiger partial charge >= 0.3 is 5.97 Å². The second kappa shape index (κ2) is 23.3. The van der Waals surface area contributed by atoms with E-state index in [1.807, 2.05) is 0 Å². The molecule has 0 fully saturated rings. The number of aliphatic hydroxyl groups is 1. The number of phenols is 1. The van der Waals surface area contributed by atoms with Crippen LogP contribution in [0.15, 0.2) is 54.6 Å². The highest BCUT2D eigenvalue weighted by atomic mass is 16.4. The summed E-state index contributed by atoms with van der Waals surface area (Å²) in [4.78, 5) is 89.4. The maximum atomic E-state index is 13.2. The van der Waals surface area contributed by atoms with Crippen LogP contribution in [-0.2, 0) is 46.4 Å². The number of amides is 6. The van der Waals surface area contributed by atoms with Crippen LogP contribution in [-0.4, -0.2) is 113 Å². The second-order valence-electron chi connectivity index (χ2n) is 13.4. The zero-order valence-electron chi connectivity index (χ0n) is 31.2. The summed E-state index contributed by atoms with van der Waals surface area (Å²) in [7, 11) is 0. The number of hydrogen-bond acceptors (Lipinski definition) is 11. The average Bonchev–Trinajstić information content (AvgIpc) is 3.14. The molecule has 302 valence electrons. The van der Waals surface area contributed by atoms with Crippen LogP contribution < -0.4 is 43.4 Å². The van der Waals surface area contributed by atoms with Crippen LogP contribution in [0.3, 0.4) is 0 Å². The Bertz CT molecular complexity index is 1590. The van der Waals surface area contributed by atoms with Gasteiger partial charge in [-0.1, -0.05) is 56.3 Å². The molecule has 18 nitrogen and oxygen atoms in total. The Morgan fingerprint density at radius 2 is 1.22 bits per heavy atom. The molecule has 2 aromatic rings. The number of carboxylic acids is 1. The van der Waals surface area contributed by atoms with Crippen molar-refractivity contribution in [1.82, 2.24) is 31.9 Å². The van der Waals surface area contributed by atoms with Crippen molar-refractivity contribution in [2.24, 2.45) is 17.4 Å². The van der Waals surface area contributed by atoms with Crippen LogP contribution in [0.25, 0.3) is 0 Å². The molecule has 2 rings (SSSR count). The monoisotopic (exact) mass is 770 g/mol. The number of aliphatic carboxylic acids is 1. The van der Waals surface area contributed by atoms with Gasteiger partial charge in [-0.2, -0.15) is 0 Å². The molecule has 0 saturated heterocycles. The van der Waals surface area contributed by atoms with Crippen molar-refractivity contribution in [3.63, 3.8) is 0 Å². The molecule has 6 atom stereocenters. The van der Waals surface area contributed by atoms with Crippen molar-refractivity contribution in [2.45, 2.75) is 89.2 Å². The minimum absolute atomic E-state index is 0.0318. The van der Waals surface area contributed by atoms with E-state index in [1.54, 1.807) is 56.3 Å². The smallest absolute Gasteiger partial charge is 0.326 e. The number of nitrogens with two attached hydrogens (primary N) is 2. The van der Waals surface area contributed by atoms with Crippen LogP contribution >= 0.6 is 0 Å². The molecule has 0 radical (unpaired) electrons. The summed E-state index contributed by atoms with van der Waals surface area (Å²) in [5.74, 6) is -6.32. The first-order valence-corrected chi connectivity index (χ1v) is 18.0. The third-order valence-corrected chi connectivity index (χ3v) is 8.40. The van der Waals surface area contributed by atoms with Crippen molar-refractivity contribution in [2.75, 3.05) is 19.6 Å². The third-order valence-electron chi connectivity index (χ3n) is 8.40. The number of aromatic hydroxyl groups is 1. The van der Waals surface area contributed by atoms with Crippen LogP contribution in [0.1, 0.15) is 51.2 Å². The lowest BCUT2D eigenvalue weighted by Crippen LogP contribution is -2.58. The number of carbonyl (C=O) groups is 7. The van der Waals surface area contributed by atoms with E-state index < -0.39 is 96.7 Å². The van der Waals surface area contributed by atoms with Gasteiger partial charge in [0.25, 0.3) is 0 Å². The lowest BCUT2D eigenvalue weighted by Gasteiger charge is -2.24. The van der Waals surface area contributed by atoms with Gasteiger partial charge in [0, 0.05) is 6.42 Å². The van der Waals surface area contributed by atoms with Gasteiger partial charge in [-0.3, -0.25) is 28.8 Å². The Balaban J connectivity index is 1.97. The minimum Gasteiger partial charge on any atom is -0.508 e. The number of carbonyl (C=O) groups excluding carboxylic acids is 6. The zero-order chi connectivity index (χ0) is 41.1. The molecule has 0 aliphatic heterocycles. The molecule has 55 heavy (non-hydrogen) atoms. The quantitative estimate of drug-likeness (QED) is 0.0543. The Morgan fingerprint density at radius 3 is 1.76 bits per heavy atom. The van der Waals surface area contributed by atoms with Crippen molar-refractivity contribution in [3.8, 4) is 5.75 Å². The average molecular weight is 771 g/mol. The Labute approximate surface area is 319 Å². The predicted octanol–water partition coefficient (Wildman–Crippen LogP) is -2.07. The fourth-order valence-electron chi connectivity index (χ4n) is 5.29. The van der Waals surface area contributed by atoms with Crippen LogP contribution in [0.4, 0.5) is 0 Å². The van der Waals surface area contributed by atoms with Gasteiger partial charge in [-0.25, -0.2) is 4.79 Å². The molecule has 6 amide bonds. The first kappa shape index (κ1) is 45.6. The molecule has 0 bridgehead atoms. The van der Waals surface area contributed by atoms with Crippen LogP contribution in [0.5, 0.6) is 5.75 Å². The number of phenolic OH excluding ortho intramolecular Hbond substituents is 1. The normalized spacial score (nSPS) is 14.2. The van der Waals surface area contributed by atoms with Gasteiger partial charge in [0.15, 0.2) is 0 Å². The van der Waals surface area contributed by atoms with E-state index in [0.717, 1.165) is 0 Å². The first-order valence-electron chi connectivity index (χ1n) is 18.0. The Hall–Kier alpha value is -5.59. The molecule has 0 saturated carbocycles. The molecular formula is C37H54N8O10. The van der Waals surface area contributed by atoms with Gasteiger partial charge < -0.3 is 58.7 Å². The summed E-state index contributed by atoms with van der Waals surface area (Å²) in [5, 5.41) is 43.8. The lowest BCUT2D eigenvalue weighted by molar-refractivity contribution is -0.142. The summed E-state index contributed by atoms with van der Waals surface area (Å²) in [6.45, 7) is 3.68. The molecular weight excluding hydrogens is 716 g/mol. The predicted molar refractivity (Wildman–Crippen MR) is 201 cm³/mol. The highest BCUT2D eigenvalue weighted by Gasteiger charge is 2.30. The Kier molecular flexibility index (Phi) is 19.3. The van der Waals surface area contributed by atoms with Gasteiger partial charge in [0.2, 0.25) is 35.4 Å². The highest BCUT2D eigenvalue weighted by Crippen LogP contribution is 2.11. The molecule has 0 unspecified atom stereocenters. The molecule has 0 aliphatic carbocycles. The summed E-state index contributed by atoms with van der Waals surface area (Å²) < 4.78 is 0. The number of carboxylic acid groups (broad SMARTS) is 1. The fraction of sp³-hybridized carbons (Fsp3) is 0.486. The largest absolute Gasteiger partial charge is 0.508 e. The molecule has 0 spiro atoms. The topological polar surface area (TPSA) is 304 Å². The van der Waals surface area contributed by atoms with Crippen molar-refractivity contribution in [1.29, 1.82) is 0 Å². The third kappa shape index (κ3) is 16.5. The zero-order valence-corrected chi connectivity index (χ0v) is 31.2. The van der Waals surface area contributed by atoms with E-state index in [2.05, 4.69) is 31.9 Å². The molecule has 0 aromatic heterocycles. The van der Waals surface area contributed by atoms with E-state index in [9.17, 15) is 48.9 Å². The summed E-state index contributed by atoms with van der Waals surface area (Å²) in [6, 6.07) is 8.65. The standard InChI is InChI=1S/C37H54N8O10/c1-21(2)31(44-30(49)20-41-36(53)32(22(3)46)45-33(50)26(39)17-24-12-14-25(47)15-13-24)35(52)40-19-29(48)42-28(18-23-9-5-4-6-10-23)34(51)43-27(37(54)55)11-7-8-16-38/h4-6,9-10,12-15,21-22,26-28,31-32,46-47H,7-8,11,16-20,38-39H2,1-3H3,(H,40,52)(H,41,53)(H,42,48)(H,43,51)(H,44,49)(H,45,50)(H,54,55)/t22-,26+,27+,28+,31+,32+/m1/s1. The van der Waals surface area contributed by atoms with Crippen LogP contribution in [0.2, 0.25) is 0 Å². The summed E-state index contributed by atoms with van der Waals surface area (Å²) >= 11 is 0. The molecule has 0 heterocycles. The van der Waals surface area contributed by atoms with E-state index in [1.165, 1.54) is 19.1 Å². The fourth-order valence-corrected chi connectivity index (χ4v) is 5.29. The number of hydrogen-bond donors (Lipinski definition) is 11. The summed E-state index contributed by atoms with van der Waals surface area (Å²) in [6.07, 6.45) is -0.0813. The van der Waals surface area contributed by atoms with Crippen molar-refractivity contribution >= 4 is 41.4 Å². The maximum Gasteiger partial charge on any atom is 0.326 e. The first-order chi connectivity index (χ1) is 26.0. The highest BCUT2D eigenvalue weighted by molar-refractivity contribution is 5.95. The number of aliphatic hydroxyl groups excluding tert-OH is 1. The van der Waals surface area contributed by atoms with Crippen LogP contribution in [0, 0.1) is 5.92 Å². The van der Waals surface area contributed by atoms with E-state index >= 15 is 0 Å². The van der Waals surface area contributed by atoms with Gasteiger partial charge in [0.05, 0.1) is 25.2 Å². The molecule has 13 N–H and O–H groups in total. The maximum absolute atomic E-state index is 13.2. The van der Waals surface area contributed by atoms with E-state index in [0.29, 0.717) is 30.5 Å². The Morgan fingerprint density at radius 1 is 0.655 bits per heavy atom. The van der Waals surface area contributed by atoms with Gasteiger partial charge in [-0.05, 0) is 68.3 Å².